The summed E-state index contributed by atoms with van der Waals surface area (Å²) in [7, 11) is 0. The first-order valence-electron chi connectivity index (χ1n) is 7.38. The van der Waals surface area contributed by atoms with Gasteiger partial charge in [0.05, 0.1) is 24.0 Å². The average molecular weight is 268 g/mol. The Morgan fingerprint density at radius 3 is 2.58 bits per heavy atom. The van der Waals surface area contributed by atoms with Crippen LogP contribution in [0.15, 0.2) is 6.20 Å². The number of hydrogen-bond donors (Lipinski definition) is 1. The summed E-state index contributed by atoms with van der Waals surface area (Å²) in [6, 6.07) is 0.145. The van der Waals surface area contributed by atoms with Crippen molar-refractivity contribution in [2.45, 2.75) is 59.7 Å². The first-order chi connectivity index (χ1) is 9.15. The SMILES string of the molecule is CCCn1nncc1C(NCC)C(OCC)C(C)C. The van der Waals surface area contributed by atoms with Crippen LogP contribution < -0.4 is 5.32 Å². The minimum atomic E-state index is 0.138. The molecule has 1 rings (SSSR count). The fourth-order valence-electron chi connectivity index (χ4n) is 2.37. The van der Waals surface area contributed by atoms with Crippen LogP contribution in [-0.2, 0) is 11.3 Å². The Kier molecular flexibility index (Phi) is 7.02. The van der Waals surface area contributed by atoms with Crippen LogP contribution in [0.2, 0.25) is 0 Å². The predicted octanol–water partition coefficient (Wildman–Crippen LogP) is 2.40. The van der Waals surface area contributed by atoms with Crippen LogP contribution in [0.4, 0.5) is 0 Å². The van der Waals surface area contributed by atoms with Crippen LogP contribution in [0.1, 0.15) is 52.8 Å². The van der Waals surface area contributed by atoms with Gasteiger partial charge in [0.2, 0.25) is 0 Å². The lowest BCUT2D eigenvalue weighted by Crippen LogP contribution is -2.38. The number of nitrogens with zero attached hydrogens (tertiary/aromatic N) is 3. The molecule has 0 amide bonds. The summed E-state index contributed by atoms with van der Waals surface area (Å²) < 4.78 is 7.93. The van der Waals surface area contributed by atoms with Gasteiger partial charge in [0.15, 0.2) is 0 Å². The molecule has 0 aliphatic heterocycles. The van der Waals surface area contributed by atoms with E-state index < -0.39 is 0 Å². The molecule has 2 unspecified atom stereocenters. The molecule has 1 aromatic rings. The Bertz CT molecular complexity index is 351. The predicted molar refractivity (Wildman–Crippen MR) is 77.0 cm³/mol. The third-order valence-corrected chi connectivity index (χ3v) is 3.17. The van der Waals surface area contributed by atoms with Gasteiger partial charge in [0.1, 0.15) is 0 Å². The number of rotatable bonds is 9. The highest BCUT2D eigenvalue weighted by Crippen LogP contribution is 2.24. The molecule has 1 aromatic heterocycles. The van der Waals surface area contributed by atoms with Gasteiger partial charge in [-0.25, -0.2) is 4.68 Å². The van der Waals surface area contributed by atoms with E-state index in [1.54, 1.807) is 0 Å². The summed E-state index contributed by atoms with van der Waals surface area (Å²) in [5.74, 6) is 0.439. The van der Waals surface area contributed by atoms with Gasteiger partial charge in [0, 0.05) is 13.2 Å². The van der Waals surface area contributed by atoms with E-state index in [-0.39, 0.29) is 12.1 Å². The van der Waals surface area contributed by atoms with Crippen LogP contribution in [0.5, 0.6) is 0 Å². The second-order valence-electron chi connectivity index (χ2n) is 5.08. The number of nitrogens with one attached hydrogen (secondary N) is 1. The van der Waals surface area contributed by atoms with Crippen LogP contribution >= 0.6 is 0 Å². The first-order valence-corrected chi connectivity index (χ1v) is 7.38. The second-order valence-corrected chi connectivity index (χ2v) is 5.08. The van der Waals surface area contributed by atoms with E-state index in [0.717, 1.165) is 31.8 Å². The Hall–Kier alpha value is -0.940. The Labute approximate surface area is 116 Å². The van der Waals surface area contributed by atoms with E-state index >= 15 is 0 Å². The quantitative estimate of drug-likeness (QED) is 0.747. The molecule has 19 heavy (non-hydrogen) atoms. The maximum absolute atomic E-state index is 5.94. The molecular weight excluding hydrogens is 240 g/mol. The Balaban J connectivity index is 2.99. The number of aromatic nitrogens is 3. The second kappa shape index (κ2) is 8.27. The van der Waals surface area contributed by atoms with E-state index in [1.807, 2.05) is 17.8 Å². The van der Waals surface area contributed by atoms with E-state index in [0.29, 0.717) is 5.92 Å². The third-order valence-electron chi connectivity index (χ3n) is 3.17. The zero-order valence-electron chi connectivity index (χ0n) is 12.9. The van der Waals surface area contributed by atoms with E-state index in [9.17, 15) is 0 Å². The van der Waals surface area contributed by atoms with Crippen molar-refractivity contribution in [3.63, 3.8) is 0 Å². The Morgan fingerprint density at radius 1 is 1.32 bits per heavy atom. The number of ether oxygens (including phenoxy) is 1. The van der Waals surface area contributed by atoms with Gasteiger partial charge in [0.25, 0.3) is 0 Å². The normalized spacial score (nSPS) is 14.8. The Morgan fingerprint density at radius 2 is 2.05 bits per heavy atom. The smallest absolute Gasteiger partial charge is 0.0808 e. The van der Waals surface area contributed by atoms with Crippen molar-refractivity contribution < 1.29 is 4.74 Å². The van der Waals surface area contributed by atoms with Gasteiger partial charge in [-0.15, -0.1) is 5.10 Å². The van der Waals surface area contributed by atoms with Crippen LogP contribution in [0, 0.1) is 5.92 Å². The lowest BCUT2D eigenvalue weighted by molar-refractivity contribution is 0.00108. The van der Waals surface area contributed by atoms with Crippen molar-refractivity contribution in [3.8, 4) is 0 Å². The lowest BCUT2D eigenvalue weighted by Gasteiger charge is -2.30. The van der Waals surface area contributed by atoms with E-state index in [2.05, 4.69) is 43.3 Å². The standard InChI is InChI=1S/C14H28N4O/c1-6-9-18-12(10-16-17-18)13(15-7-2)14(11(4)5)19-8-3/h10-11,13-15H,6-9H2,1-5H3. The third kappa shape index (κ3) is 4.28. The van der Waals surface area contributed by atoms with Crippen molar-refractivity contribution in [2.24, 2.45) is 5.92 Å². The van der Waals surface area contributed by atoms with Crippen molar-refractivity contribution in [2.75, 3.05) is 13.2 Å². The highest BCUT2D eigenvalue weighted by molar-refractivity contribution is 5.06. The molecule has 0 aliphatic carbocycles. The summed E-state index contributed by atoms with van der Waals surface area (Å²) in [6.45, 7) is 13.2. The number of likely N-dealkylation sites (N-methyl/N-ethyl adjacent to an activating group) is 1. The number of hydrogen-bond acceptors (Lipinski definition) is 4. The zero-order valence-corrected chi connectivity index (χ0v) is 12.9. The monoisotopic (exact) mass is 268 g/mol. The molecule has 0 saturated carbocycles. The lowest BCUT2D eigenvalue weighted by atomic mass is 9.97. The van der Waals surface area contributed by atoms with E-state index in [1.165, 1.54) is 0 Å². The van der Waals surface area contributed by atoms with Crippen LogP contribution in [0.25, 0.3) is 0 Å². The molecule has 110 valence electrons. The molecular formula is C14H28N4O. The minimum absolute atomic E-state index is 0.138. The van der Waals surface area contributed by atoms with Crippen LogP contribution in [0.3, 0.4) is 0 Å². The van der Waals surface area contributed by atoms with Gasteiger partial charge in [-0.1, -0.05) is 32.9 Å². The topological polar surface area (TPSA) is 52.0 Å². The van der Waals surface area contributed by atoms with Crippen molar-refractivity contribution >= 4 is 0 Å². The summed E-state index contributed by atoms with van der Waals surface area (Å²) in [5, 5.41) is 11.8. The average Bonchev–Trinajstić information content (AvgIpc) is 2.82. The molecule has 0 saturated heterocycles. The van der Waals surface area contributed by atoms with Gasteiger partial charge < -0.3 is 10.1 Å². The van der Waals surface area contributed by atoms with Crippen molar-refractivity contribution in [1.29, 1.82) is 0 Å². The fourth-order valence-corrected chi connectivity index (χ4v) is 2.37. The molecule has 2 atom stereocenters. The van der Waals surface area contributed by atoms with Gasteiger partial charge >= 0.3 is 0 Å². The van der Waals surface area contributed by atoms with Crippen molar-refractivity contribution in [3.05, 3.63) is 11.9 Å². The molecule has 5 nitrogen and oxygen atoms in total. The van der Waals surface area contributed by atoms with Gasteiger partial charge in [-0.3, -0.25) is 0 Å². The molecule has 0 fully saturated rings. The minimum Gasteiger partial charge on any atom is -0.376 e. The molecule has 1 N–H and O–H groups in total. The zero-order chi connectivity index (χ0) is 14.3. The maximum Gasteiger partial charge on any atom is 0.0808 e. The highest BCUT2D eigenvalue weighted by atomic mass is 16.5. The van der Waals surface area contributed by atoms with Crippen LogP contribution in [-0.4, -0.2) is 34.2 Å². The van der Waals surface area contributed by atoms with Gasteiger partial charge in [-0.2, -0.15) is 0 Å². The highest BCUT2D eigenvalue weighted by Gasteiger charge is 2.28. The summed E-state index contributed by atoms with van der Waals surface area (Å²) in [4.78, 5) is 0. The summed E-state index contributed by atoms with van der Waals surface area (Å²) >= 11 is 0. The molecule has 0 bridgehead atoms. The summed E-state index contributed by atoms with van der Waals surface area (Å²) in [6.07, 6.45) is 3.05. The van der Waals surface area contributed by atoms with Gasteiger partial charge in [-0.05, 0) is 25.8 Å². The fraction of sp³-hybridized carbons (Fsp3) is 0.857. The largest absolute Gasteiger partial charge is 0.376 e. The number of aryl methyl sites for hydroxylation is 1. The molecule has 1 heterocycles. The van der Waals surface area contributed by atoms with E-state index in [4.69, 9.17) is 4.74 Å². The summed E-state index contributed by atoms with van der Waals surface area (Å²) in [5.41, 5.74) is 1.12. The first kappa shape index (κ1) is 16.1. The molecule has 5 heteroatoms. The molecule has 0 aromatic carbocycles. The molecule has 0 spiro atoms. The molecule has 0 radical (unpaired) electrons. The van der Waals surface area contributed by atoms with Crippen molar-refractivity contribution in [1.82, 2.24) is 20.3 Å². The maximum atomic E-state index is 5.94. The molecule has 0 aliphatic rings.